The maximum atomic E-state index is 12.7. The first-order valence-corrected chi connectivity index (χ1v) is 14.5. The van der Waals surface area contributed by atoms with Gasteiger partial charge in [0.15, 0.2) is 0 Å². The van der Waals surface area contributed by atoms with Crippen LogP contribution in [0.25, 0.3) is 0 Å². The third-order valence-corrected chi connectivity index (χ3v) is 16.4. The Hall–Kier alpha value is -1.16. The standard InChI is InChI=1S/C21H20IOPS/c1-25-21(23)17-24(22,18-11-5-2-6-12-18,19-13-7-3-8-14-19)20-15-9-4-10-16-20/h2-16H,17H2,1H3. The number of carbonyl (C=O) groups is 1. The number of thioether (sulfide) groups is 1. The number of carbonyl (C=O) groups excluding carboxylic acids is 1. The minimum absolute atomic E-state index is 0.226. The van der Waals surface area contributed by atoms with Crippen molar-refractivity contribution in [2.45, 2.75) is 0 Å². The van der Waals surface area contributed by atoms with Gasteiger partial charge in [0.1, 0.15) is 0 Å². The maximum absolute atomic E-state index is 12.7. The van der Waals surface area contributed by atoms with Crippen LogP contribution in [0.3, 0.4) is 0 Å². The van der Waals surface area contributed by atoms with E-state index in [0.29, 0.717) is 6.16 Å². The van der Waals surface area contributed by atoms with Crippen molar-refractivity contribution in [1.29, 1.82) is 0 Å². The first-order chi connectivity index (χ1) is 12.1. The third kappa shape index (κ3) is 3.30. The van der Waals surface area contributed by atoms with Crippen molar-refractivity contribution in [2.24, 2.45) is 0 Å². The molecular weight excluding hydrogens is 458 g/mol. The van der Waals surface area contributed by atoms with Crippen LogP contribution in [-0.4, -0.2) is 17.5 Å². The van der Waals surface area contributed by atoms with Gasteiger partial charge in [-0.2, -0.15) is 0 Å². The zero-order valence-electron chi connectivity index (χ0n) is 14.0. The summed E-state index contributed by atoms with van der Waals surface area (Å²) in [6, 6.07) is 31.6. The number of halogens is 1. The fourth-order valence-electron chi connectivity index (χ4n) is 3.24. The van der Waals surface area contributed by atoms with Crippen LogP contribution in [0.4, 0.5) is 0 Å². The molecule has 0 unspecified atom stereocenters. The fraction of sp³-hybridized carbons (Fsp3) is 0.0952. The van der Waals surface area contributed by atoms with Crippen LogP contribution in [0.1, 0.15) is 0 Å². The molecule has 3 aromatic rings. The Kier molecular flexibility index (Phi) is 5.67. The molecule has 0 bridgehead atoms. The van der Waals surface area contributed by atoms with E-state index in [-0.39, 0.29) is 5.12 Å². The van der Waals surface area contributed by atoms with E-state index in [1.165, 1.54) is 27.7 Å². The van der Waals surface area contributed by atoms with Gasteiger partial charge in [0.25, 0.3) is 0 Å². The van der Waals surface area contributed by atoms with Crippen LogP contribution in [0.15, 0.2) is 91.0 Å². The molecular formula is C21H20IOPS. The Morgan fingerprint density at radius 3 is 1.36 bits per heavy atom. The summed E-state index contributed by atoms with van der Waals surface area (Å²) in [5, 5.41) is 3.96. The summed E-state index contributed by atoms with van der Waals surface area (Å²) in [4.78, 5) is 12.7. The molecule has 0 aliphatic heterocycles. The molecule has 4 heteroatoms. The Bertz CT molecular complexity index is 753. The number of rotatable bonds is 5. The summed E-state index contributed by atoms with van der Waals surface area (Å²) in [5.41, 5.74) is 0. The molecule has 0 fully saturated rings. The number of hydrogen-bond acceptors (Lipinski definition) is 2. The van der Waals surface area contributed by atoms with Crippen molar-refractivity contribution < 1.29 is 4.79 Å². The molecule has 0 aliphatic carbocycles. The molecule has 128 valence electrons. The van der Waals surface area contributed by atoms with E-state index < -0.39 is 4.25 Å². The van der Waals surface area contributed by atoms with Crippen LogP contribution >= 0.6 is 38.0 Å². The van der Waals surface area contributed by atoms with Gasteiger partial charge in [0, 0.05) is 0 Å². The van der Waals surface area contributed by atoms with E-state index in [1.807, 2.05) is 24.5 Å². The zero-order chi connectivity index (χ0) is 17.8. The molecule has 3 aromatic carbocycles. The number of hydrogen-bond donors (Lipinski definition) is 0. The van der Waals surface area contributed by atoms with E-state index in [0.717, 1.165) is 0 Å². The summed E-state index contributed by atoms with van der Waals surface area (Å²) in [6.07, 6.45) is 2.40. The number of benzene rings is 3. The van der Waals surface area contributed by atoms with Crippen molar-refractivity contribution in [3.63, 3.8) is 0 Å². The van der Waals surface area contributed by atoms with Crippen LogP contribution in [0.2, 0.25) is 0 Å². The van der Waals surface area contributed by atoms with Crippen molar-refractivity contribution in [2.75, 3.05) is 12.4 Å². The van der Waals surface area contributed by atoms with Gasteiger partial charge >= 0.3 is 167 Å². The fourth-order valence-corrected chi connectivity index (χ4v) is 13.4. The molecule has 0 aliphatic rings. The minimum atomic E-state index is -2.92. The second kappa shape index (κ2) is 7.61. The van der Waals surface area contributed by atoms with E-state index >= 15 is 0 Å². The van der Waals surface area contributed by atoms with Crippen LogP contribution in [0, 0.1) is 0 Å². The van der Waals surface area contributed by atoms with E-state index in [2.05, 4.69) is 94.8 Å². The molecule has 0 saturated heterocycles. The van der Waals surface area contributed by atoms with Gasteiger partial charge in [0.05, 0.1) is 0 Å². The molecule has 0 N–H and O–H groups in total. The molecule has 0 radical (unpaired) electrons. The van der Waals surface area contributed by atoms with Gasteiger partial charge in [-0.25, -0.2) is 0 Å². The van der Waals surface area contributed by atoms with Crippen molar-refractivity contribution in [1.82, 2.24) is 0 Å². The Morgan fingerprint density at radius 1 is 0.760 bits per heavy atom. The van der Waals surface area contributed by atoms with Crippen LogP contribution in [-0.2, 0) is 4.79 Å². The summed E-state index contributed by atoms with van der Waals surface area (Å²) in [5.74, 6) is 0. The molecule has 0 atom stereocenters. The van der Waals surface area contributed by atoms with Gasteiger partial charge in [-0.05, 0) is 0 Å². The predicted molar refractivity (Wildman–Crippen MR) is 123 cm³/mol. The average molecular weight is 478 g/mol. The Morgan fingerprint density at radius 2 is 1.08 bits per heavy atom. The third-order valence-electron chi connectivity index (χ3n) is 4.54. The average Bonchev–Trinajstić information content (AvgIpc) is 2.70. The van der Waals surface area contributed by atoms with Crippen molar-refractivity contribution >= 4 is 59.1 Å². The van der Waals surface area contributed by atoms with E-state index in [1.54, 1.807) is 0 Å². The summed E-state index contributed by atoms with van der Waals surface area (Å²) in [7, 11) is 0. The zero-order valence-corrected chi connectivity index (χ0v) is 17.9. The van der Waals surface area contributed by atoms with Crippen LogP contribution < -0.4 is 15.9 Å². The molecule has 0 aromatic heterocycles. The predicted octanol–water partition coefficient (Wildman–Crippen LogP) is 4.76. The summed E-state index contributed by atoms with van der Waals surface area (Å²) < 4.78 is -2.92. The van der Waals surface area contributed by atoms with Crippen LogP contribution in [0.5, 0.6) is 0 Å². The second-order valence-corrected chi connectivity index (χ2v) is 17.4. The van der Waals surface area contributed by atoms with Crippen molar-refractivity contribution in [3.05, 3.63) is 91.0 Å². The van der Waals surface area contributed by atoms with E-state index in [4.69, 9.17) is 0 Å². The SMILES string of the molecule is CSC(=O)CP(I)(c1ccccc1)(c1ccccc1)c1ccccc1. The van der Waals surface area contributed by atoms with Gasteiger partial charge in [-0.15, -0.1) is 0 Å². The quantitative estimate of drug-likeness (QED) is 0.389. The normalized spacial score (nSPS) is 13.0. The second-order valence-electron chi connectivity index (χ2n) is 5.92. The van der Waals surface area contributed by atoms with Gasteiger partial charge in [-0.3, -0.25) is 0 Å². The first-order valence-electron chi connectivity index (χ1n) is 8.06. The van der Waals surface area contributed by atoms with Crippen molar-refractivity contribution in [3.8, 4) is 0 Å². The van der Waals surface area contributed by atoms with Gasteiger partial charge in [-0.1, -0.05) is 0 Å². The Balaban J connectivity index is 2.42. The topological polar surface area (TPSA) is 17.1 Å². The molecule has 0 saturated carbocycles. The van der Waals surface area contributed by atoms with Gasteiger partial charge < -0.3 is 0 Å². The molecule has 1 nitrogen and oxygen atoms in total. The summed E-state index contributed by atoms with van der Waals surface area (Å²) in [6.45, 7) is 0. The Labute approximate surface area is 166 Å². The molecule has 0 spiro atoms. The molecule has 25 heavy (non-hydrogen) atoms. The first kappa shape index (κ1) is 18.6. The molecule has 3 rings (SSSR count). The van der Waals surface area contributed by atoms with Gasteiger partial charge in [0.2, 0.25) is 0 Å². The van der Waals surface area contributed by atoms with E-state index in [9.17, 15) is 4.79 Å². The molecule has 0 amide bonds. The monoisotopic (exact) mass is 478 g/mol. The molecule has 0 heterocycles. The summed E-state index contributed by atoms with van der Waals surface area (Å²) >= 11 is 3.96.